The van der Waals surface area contributed by atoms with Crippen LogP contribution in [0.25, 0.3) is 0 Å². The van der Waals surface area contributed by atoms with Gasteiger partial charge in [-0.15, -0.1) is 11.3 Å². The van der Waals surface area contributed by atoms with Crippen LogP contribution in [0.3, 0.4) is 0 Å². The molecule has 2 saturated heterocycles. The predicted molar refractivity (Wildman–Crippen MR) is 91.7 cm³/mol. The van der Waals surface area contributed by atoms with E-state index >= 15 is 0 Å². The highest BCUT2D eigenvalue weighted by atomic mass is 32.1. The molecule has 0 bridgehead atoms. The fourth-order valence-electron chi connectivity index (χ4n) is 4.25. The average Bonchev–Trinajstić information content (AvgIpc) is 3.27. The van der Waals surface area contributed by atoms with Crippen molar-refractivity contribution in [3.63, 3.8) is 0 Å². The van der Waals surface area contributed by atoms with Gasteiger partial charge in [0, 0.05) is 37.0 Å². The lowest BCUT2D eigenvalue weighted by Crippen LogP contribution is -2.57. The van der Waals surface area contributed by atoms with Crippen molar-refractivity contribution in [1.29, 1.82) is 0 Å². The summed E-state index contributed by atoms with van der Waals surface area (Å²) in [6.45, 7) is 8.09. The minimum absolute atomic E-state index is 0.205. The van der Waals surface area contributed by atoms with Crippen molar-refractivity contribution in [2.24, 2.45) is 11.3 Å². The molecule has 5 heteroatoms. The molecule has 3 aliphatic rings. The number of nitrogens with zero attached hydrogens (tertiary/aromatic N) is 2. The molecule has 0 spiro atoms. The molecule has 1 aromatic rings. The Labute approximate surface area is 143 Å². The zero-order valence-corrected chi connectivity index (χ0v) is 14.9. The summed E-state index contributed by atoms with van der Waals surface area (Å²) in [7, 11) is 0. The third-order valence-corrected chi connectivity index (χ3v) is 6.41. The van der Waals surface area contributed by atoms with Crippen LogP contribution >= 0.6 is 11.3 Å². The molecule has 2 aliphatic heterocycles. The number of thiazole rings is 1. The number of ether oxygens (including phenoxy) is 2. The Bertz CT molecular complexity index is 531. The Morgan fingerprint density at radius 2 is 2.35 bits per heavy atom. The van der Waals surface area contributed by atoms with Crippen LogP contribution in [0, 0.1) is 18.3 Å². The molecular weight excluding hydrogens is 308 g/mol. The molecule has 23 heavy (non-hydrogen) atoms. The van der Waals surface area contributed by atoms with Crippen molar-refractivity contribution in [2.75, 3.05) is 32.8 Å². The van der Waals surface area contributed by atoms with Crippen molar-refractivity contribution in [3.05, 3.63) is 16.1 Å². The summed E-state index contributed by atoms with van der Waals surface area (Å²) in [6.07, 6.45) is 6.85. The van der Waals surface area contributed by atoms with E-state index in [0.29, 0.717) is 12.7 Å². The number of hydrogen-bond donors (Lipinski definition) is 0. The first kappa shape index (κ1) is 16.0. The van der Waals surface area contributed by atoms with Gasteiger partial charge in [-0.1, -0.05) is 0 Å². The Morgan fingerprint density at radius 1 is 1.43 bits per heavy atom. The molecule has 1 saturated carbocycles. The van der Waals surface area contributed by atoms with Crippen LogP contribution < -0.4 is 0 Å². The quantitative estimate of drug-likeness (QED) is 0.799. The summed E-state index contributed by atoms with van der Waals surface area (Å²) < 4.78 is 12.3. The molecule has 0 radical (unpaired) electrons. The van der Waals surface area contributed by atoms with Crippen molar-refractivity contribution in [3.8, 4) is 0 Å². The van der Waals surface area contributed by atoms with Crippen LogP contribution in [0.15, 0.2) is 5.38 Å². The summed E-state index contributed by atoms with van der Waals surface area (Å²) in [6, 6.07) is 0. The highest BCUT2D eigenvalue weighted by molar-refractivity contribution is 7.09. The molecule has 128 valence electrons. The molecule has 1 aliphatic carbocycles. The lowest BCUT2D eigenvalue weighted by atomic mass is 9.73. The lowest BCUT2D eigenvalue weighted by Gasteiger charge is -2.50. The van der Waals surface area contributed by atoms with Gasteiger partial charge in [-0.25, -0.2) is 4.98 Å². The fourth-order valence-corrected chi connectivity index (χ4v) is 4.85. The molecule has 0 N–H and O–H groups in total. The fraction of sp³-hybridized carbons (Fsp3) is 0.833. The van der Waals surface area contributed by atoms with Gasteiger partial charge in [0.15, 0.2) is 0 Å². The van der Waals surface area contributed by atoms with Crippen LogP contribution in [0.4, 0.5) is 0 Å². The largest absolute Gasteiger partial charge is 0.377 e. The second kappa shape index (κ2) is 6.79. The van der Waals surface area contributed by atoms with Gasteiger partial charge in [0.05, 0.1) is 30.0 Å². The van der Waals surface area contributed by atoms with Gasteiger partial charge < -0.3 is 14.4 Å². The highest BCUT2D eigenvalue weighted by Crippen LogP contribution is 2.42. The topological polar surface area (TPSA) is 34.6 Å². The van der Waals surface area contributed by atoms with Gasteiger partial charge in [-0.2, -0.15) is 0 Å². The number of likely N-dealkylation sites (tertiary alicyclic amines) is 1. The van der Waals surface area contributed by atoms with Gasteiger partial charge in [0.25, 0.3) is 0 Å². The minimum Gasteiger partial charge on any atom is -0.377 e. The normalized spacial score (nSPS) is 32.0. The summed E-state index contributed by atoms with van der Waals surface area (Å²) in [5.74, 6) is 0.965. The van der Waals surface area contributed by atoms with Gasteiger partial charge in [-0.3, -0.25) is 0 Å². The van der Waals surface area contributed by atoms with Crippen molar-refractivity contribution in [1.82, 2.24) is 9.88 Å². The summed E-state index contributed by atoms with van der Waals surface area (Å²) in [5.41, 5.74) is 1.28. The van der Waals surface area contributed by atoms with E-state index in [1.165, 1.54) is 45.2 Å². The molecule has 4 rings (SSSR count). The van der Waals surface area contributed by atoms with Gasteiger partial charge in [0.2, 0.25) is 0 Å². The molecule has 4 nitrogen and oxygen atoms in total. The van der Waals surface area contributed by atoms with E-state index in [-0.39, 0.29) is 5.41 Å². The molecule has 0 unspecified atom stereocenters. The van der Waals surface area contributed by atoms with E-state index in [1.54, 1.807) is 11.3 Å². The van der Waals surface area contributed by atoms with E-state index in [9.17, 15) is 0 Å². The maximum atomic E-state index is 6.14. The Morgan fingerprint density at radius 3 is 3.13 bits per heavy atom. The maximum absolute atomic E-state index is 6.14. The zero-order chi connectivity index (χ0) is 15.7. The predicted octanol–water partition coefficient (Wildman–Crippen LogP) is 3.25. The Kier molecular flexibility index (Phi) is 4.72. The number of aromatic nitrogens is 1. The van der Waals surface area contributed by atoms with Gasteiger partial charge in [-0.05, 0) is 44.9 Å². The van der Waals surface area contributed by atoms with E-state index in [1.807, 2.05) is 0 Å². The van der Waals surface area contributed by atoms with Crippen LogP contribution in [0.2, 0.25) is 0 Å². The van der Waals surface area contributed by atoms with Crippen LogP contribution in [-0.2, 0) is 16.1 Å². The summed E-state index contributed by atoms with van der Waals surface area (Å²) >= 11 is 1.70. The van der Waals surface area contributed by atoms with Gasteiger partial charge >= 0.3 is 0 Å². The van der Waals surface area contributed by atoms with Crippen molar-refractivity contribution < 1.29 is 9.47 Å². The third-order valence-electron chi connectivity index (χ3n) is 5.59. The standard InChI is InChI=1S/C18H28N2O2S/c1-14-19-16(11-23-14)10-21-13-18-6-2-8-22-17(18)5-7-20(12-18)9-15-3-4-15/h11,15,17H,2-10,12-13H2,1H3/t17-,18-/m1/s1. The molecule has 3 fully saturated rings. The molecule has 0 amide bonds. The molecule has 2 atom stereocenters. The van der Waals surface area contributed by atoms with E-state index < -0.39 is 0 Å². The third kappa shape index (κ3) is 3.78. The second-order valence-electron chi connectivity index (χ2n) is 7.64. The smallest absolute Gasteiger partial charge is 0.0898 e. The SMILES string of the molecule is Cc1nc(COC[C@]23CCCO[C@@H]2CCN(CC2CC2)C3)cs1. The molecular formula is C18H28N2O2S. The number of rotatable bonds is 6. The first-order chi connectivity index (χ1) is 11.2. The highest BCUT2D eigenvalue weighted by Gasteiger charge is 2.46. The minimum atomic E-state index is 0.205. The second-order valence-corrected chi connectivity index (χ2v) is 8.71. The Hall–Kier alpha value is -0.490. The van der Waals surface area contributed by atoms with Gasteiger partial charge in [0.1, 0.15) is 0 Å². The number of hydrogen-bond acceptors (Lipinski definition) is 5. The Balaban J connectivity index is 1.37. The van der Waals surface area contributed by atoms with Crippen molar-refractivity contribution in [2.45, 2.75) is 51.7 Å². The molecule has 3 heterocycles. The lowest BCUT2D eigenvalue weighted by molar-refractivity contribution is -0.155. The van der Waals surface area contributed by atoms with E-state index in [2.05, 4.69) is 22.2 Å². The van der Waals surface area contributed by atoms with Crippen LogP contribution in [0.1, 0.15) is 42.8 Å². The monoisotopic (exact) mass is 336 g/mol. The first-order valence-electron chi connectivity index (χ1n) is 9.06. The molecule has 1 aromatic heterocycles. The number of aryl methyl sites for hydroxylation is 1. The number of piperidine rings is 1. The van der Waals surface area contributed by atoms with E-state index in [0.717, 1.165) is 36.4 Å². The van der Waals surface area contributed by atoms with E-state index in [4.69, 9.17) is 9.47 Å². The first-order valence-corrected chi connectivity index (χ1v) is 9.94. The maximum Gasteiger partial charge on any atom is 0.0898 e. The van der Waals surface area contributed by atoms with Crippen LogP contribution in [0.5, 0.6) is 0 Å². The van der Waals surface area contributed by atoms with Crippen molar-refractivity contribution >= 4 is 11.3 Å². The average molecular weight is 337 g/mol. The molecule has 0 aromatic carbocycles. The number of fused-ring (bicyclic) bond motifs is 1. The zero-order valence-electron chi connectivity index (χ0n) is 14.1. The summed E-state index contributed by atoms with van der Waals surface area (Å²) in [4.78, 5) is 7.19. The van der Waals surface area contributed by atoms with Crippen LogP contribution in [-0.4, -0.2) is 48.8 Å². The summed E-state index contributed by atoms with van der Waals surface area (Å²) in [5, 5.41) is 3.23.